The first-order valence-electron chi connectivity index (χ1n) is 9.99. The summed E-state index contributed by atoms with van der Waals surface area (Å²) in [5.74, 6) is -0.0893. The fraction of sp³-hybridized carbons (Fsp3) is 0.650. The van der Waals surface area contributed by atoms with E-state index < -0.39 is 16.1 Å². The molecule has 0 saturated carbocycles. The average molecular weight is 396 g/mol. The first-order chi connectivity index (χ1) is 12.9. The van der Waals surface area contributed by atoms with Crippen molar-refractivity contribution in [3.8, 4) is 0 Å². The van der Waals surface area contributed by atoms with E-state index in [1.807, 2.05) is 25.1 Å². The number of benzene rings is 1. The van der Waals surface area contributed by atoms with Gasteiger partial charge in [0, 0.05) is 19.6 Å². The van der Waals surface area contributed by atoms with Crippen molar-refractivity contribution in [1.29, 1.82) is 0 Å². The third kappa shape index (κ3) is 5.77. The highest BCUT2D eigenvalue weighted by atomic mass is 32.2. The van der Waals surface area contributed by atoms with E-state index in [9.17, 15) is 13.2 Å². The highest BCUT2D eigenvalue weighted by Gasteiger charge is 2.37. The van der Waals surface area contributed by atoms with Crippen LogP contribution < -0.4 is 5.32 Å². The molecule has 1 heterocycles. The Hall–Kier alpha value is -1.44. The summed E-state index contributed by atoms with van der Waals surface area (Å²) in [6, 6.07) is 7.53. The van der Waals surface area contributed by atoms with Crippen molar-refractivity contribution in [2.45, 2.75) is 59.2 Å². The highest BCUT2D eigenvalue weighted by molar-refractivity contribution is 7.89. The van der Waals surface area contributed by atoms with Crippen molar-refractivity contribution < 1.29 is 13.2 Å². The van der Waals surface area contributed by atoms with Crippen molar-refractivity contribution in [3.63, 3.8) is 0 Å². The SMILES string of the molecule is CCCS(=O)(=O)N1CCCC1C(=O)NCc1ccccc1CN(CC)CC. The van der Waals surface area contributed by atoms with Gasteiger partial charge in [-0.25, -0.2) is 8.42 Å². The molecule has 0 aliphatic carbocycles. The van der Waals surface area contributed by atoms with Gasteiger partial charge >= 0.3 is 0 Å². The minimum Gasteiger partial charge on any atom is -0.351 e. The number of hydrogen-bond acceptors (Lipinski definition) is 4. The molecule has 1 aliphatic rings. The molecule has 1 aromatic rings. The Morgan fingerprint density at radius 2 is 1.85 bits per heavy atom. The molecule has 6 nitrogen and oxygen atoms in total. The number of nitrogens with zero attached hydrogens (tertiary/aromatic N) is 2. The van der Waals surface area contributed by atoms with Crippen LogP contribution in [0.1, 0.15) is 51.2 Å². The Balaban J connectivity index is 2.03. The summed E-state index contributed by atoms with van der Waals surface area (Å²) in [5, 5.41) is 2.97. The molecule has 1 aromatic carbocycles. The molecule has 0 radical (unpaired) electrons. The topological polar surface area (TPSA) is 69.7 Å². The van der Waals surface area contributed by atoms with Crippen LogP contribution in [0.3, 0.4) is 0 Å². The van der Waals surface area contributed by atoms with Gasteiger partial charge < -0.3 is 5.32 Å². The summed E-state index contributed by atoms with van der Waals surface area (Å²) in [5.41, 5.74) is 2.28. The van der Waals surface area contributed by atoms with Crippen molar-refractivity contribution in [3.05, 3.63) is 35.4 Å². The highest BCUT2D eigenvalue weighted by Crippen LogP contribution is 2.22. The Morgan fingerprint density at radius 3 is 2.48 bits per heavy atom. The lowest BCUT2D eigenvalue weighted by molar-refractivity contribution is -0.124. The molecule has 1 unspecified atom stereocenters. The molecule has 0 spiro atoms. The molecule has 0 bridgehead atoms. The van der Waals surface area contributed by atoms with Crippen molar-refractivity contribution in [2.75, 3.05) is 25.4 Å². The number of carbonyl (C=O) groups excluding carboxylic acids is 1. The van der Waals surface area contributed by atoms with Gasteiger partial charge in [-0.05, 0) is 43.5 Å². The zero-order valence-corrected chi connectivity index (χ0v) is 17.6. The van der Waals surface area contributed by atoms with E-state index in [1.54, 1.807) is 0 Å². The Kier molecular flexibility index (Phi) is 8.26. The molecule has 1 atom stereocenters. The molecule has 1 saturated heterocycles. The quantitative estimate of drug-likeness (QED) is 0.660. The van der Waals surface area contributed by atoms with Gasteiger partial charge in [0.05, 0.1) is 5.75 Å². The van der Waals surface area contributed by atoms with Crippen LogP contribution in [0, 0.1) is 0 Å². The van der Waals surface area contributed by atoms with E-state index in [-0.39, 0.29) is 11.7 Å². The van der Waals surface area contributed by atoms with Crippen molar-refractivity contribution in [1.82, 2.24) is 14.5 Å². The van der Waals surface area contributed by atoms with Gasteiger partial charge in [0.2, 0.25) is 15.9 Å². The number of sulfonamides is 1. The minimum atomic E-state index is -3.35. The summed E-state index contributed by atoms with van der Waals surface area (Å²) in [6.07, 6.45) is 1.89. The monoisotopic (exact) mass is 395 g/mol. The second kappa shape index (κ2) is 10.2. The lowest BCUT2D eigenvalue weighted by Crippen LogP contribution is -2.46. The van der Waals surface area contributed by atoms with Gasteiger partial charge in [0.15, 0.2) is 0 Å². The zero-order chi connectivity index (χ0) is 19.9. The number of hydrogen-bond donors (Lipinski definition) is 1. The third-order valence-corrected chi connectivity index (χ3v) is 7.26. The zero-order valence-electron chi connectivity index (χ0n) is 16.8. The Bertz CT molecular complexity index is 717. The maximum absolute atomic E-state index is 12.7. The number of amides is 1. The molecule has 7 heteroatoms. The van der Waals surface area contributed by atoms with E-state index in [0.29, 0.717) is 25.9 Å². The molecule has 1 fully saturated rings. The summed E-state index contributed by atoms with van der Waals surface area (Å²) < 4.78 is 26.2. The molecule has 2 rings (SSSR count). The smallest absolute Gasteiger partial charge is 0.238 e. The van der Waals surface area contributed by atoms with Crippen LogP contribution in [0.25, 0.3) is 0 Å². The van der Waals surface area contributed by atoms with Gasteiger partial charge in [0.1, 0.15) is 6.04 Å². The van der Waals surface area contributed by atoms with Crippen LogP contribution in [0.4, 0.5) is 0 Å². The second-order valence-corrected chi connectivity index (χ2v) is 9.07. The average Bonchev–Trinajstić information content (AvgIpc) is 3.16. The van der Waals surface area contributed by atoms with Crippen LogP contribution >= 0.6 is 0 Å². The normalized spacial score (nSPS) is 18.1. The van der Waals surface area contributed by atoms with E-state index >= 15 is 0 Å². The minimum absolute atomic E-state index is 0.101. The fourth-order valence-corrected chi connectivity index (χ4v) is 5.33. The molecular formula is C20H33N3O3S. The van der Waals surface area contributed by atoms with Crippen molar-refractivity contribution >= 4 is 15.9 Å². The second-order valence-electron chi connectivity index (χ2n) is 7.03. The first kappa shape index (κ1) is 21.9. The lowest BCUT2D eigenvalue weighted by atomic mass is 10.1. The van der Waals surface area contributed by atoms with Gasteiger partial charge in [0.25, 0.3) is 0 Å². The van der Waals surface area contributed by atoms with Crippen LogP contribution in [-0.4, -0.2) is 55.0 Å². The summed E-state index contributed by atoms with van der Waals surface area (Å²) >= 11 is 0. The third-order valence-electron chi connectivity index (χ3n) is 5.19. The largest absolute Gasteiger partial charge is 0.351 e. The van der Waals surface area contributed by atoms with E-state index in [4.69, 9.17) is 0 Å². The molecular weight excluding hydrogens is 362 g/mol. The molecule has 152 valence electrons. The summed E-state index contributed by atoms with van der Waals surface area (Å²) in [4.78, 5) is 15.0. The summed E-state index contributed by atoms with van der Waals surface area (Å²) in [7, 11) is -3.35. The fourth-order valence-electron chi connectivity index (χ4n) is 3.58. The standard InChI is InChI=1S/C20H33N3O3S/c1-4-14-27(25,26)23-13-9-12-19(23)20(24)21-15-17-10-7-8-11-18(17)16-22(5-2)6-3/h7-8,10-11,19H,4-6,9,12-16H2,1-3H3,(H,21,24). The predicted molar refractivity (Wildman–Crippen MR) is 109 cm³/mol. The number of rotatable bonds is 10. The van der Waals surface area contributed by atoms with Gasteiger partial charge in [-0.2, -0.15) is 4.31 Å². The maximum atomic E-state index is 12.7. The molecule has 1 aliphatic heterocycles. The van der Waals surface area contributed by atoms with Gasteiger partial charge in [-0.3, -0.25) is 9.69 Å². The van der Waals surface area contributed by atoms with Crippen LogP contribution in [0.15, 0.2) is 24.3 Å². The molecule has 0 aromatic heterocycles. The number of nitrogens with one attached hydrogen (secondary N) is 1. The summed E-state index contributed by atoms with van der Waals surface area (Å²) in [6.45, 7) is 9.79. The van der Waals surface area contributed by atoms with Crippen LogP contribution in [-0.2, 0) is 27.9 Å². The van der Waals surface area contributed by atoms with Gasteiger partial charge in [-0.1, -0.05) is 45.0 Å². The van der Waals surface area contributed by atoms with Crippen LogP contribution in [0.2, 0.25) is 0 Å². The predicted octanol–water partition coefficient (Wildman–Crippen LogP) is 2.35. The van der Waals surface area contributed by atoms with Crippen molar-refractivity contribution in [2.24, 2.45) is 0 Å². The van der Waals surface area contributed by atoms with Gasteiger partial charge in [-0.15, -0.1) is 0 Å². The molecule has 1 amide bonds. The Labute approximate surface area is 164 Å². The van der Waals surface area contributed by atoms with E-state index in [2.05, 4.69) is 30.1 Å². The maximum Gasteiger partial charge on any atom is 0.238 e. The van der Waals surface area contributed by atoms with Crippen LogP contribution in [0.5, 0.6) is 0 Å². The van der Waals surface area contributed by atoms with E-state index in [0.717, 1.165) is 31.6 Å². The Morgan fingerprint density at radius 1 is 1.19 bits per heavy atom. The first-order valence-corrected chi connectivity index (χ1v) is 11.6. The number of carbonyl (C=O) groups is 1. The van der Waals surface area contributed by atoms with E-state index in [1.165, 1.54) is 9.87 Å². The molecule has 27 heavy (non-hydrogen) atoms. The lowest BCUT2D eigenvalue weighted by Gasteiger charge is -2.24. The molecule has 1 N–H and O–H groups in total.